The third-order valence-electron chi connectivity index (χ3n) is 7.17. The number of nitrogens with one attached hydrogen (secondary N) is 1. The molecule has 0 radical (unpaired) electrons. The molecule has 0 aliphatic carbocycles. The molecule has 5 N–H and O–H groups in total. The number of anilines is 2. The molecule has 3 fully saturated rings. The Morgan fingerprint density at radius 1 is 0.977 bits per heavy atom. The summed E-state index contributed by atoms with van der Waals surface area (Å²) in [5.74, 6) is -0.209. The van der Waals surface area contributed by atoms with Crippen LogP contribution in [0.5, 0.6) is 0 Å². The van der Waals surface area contributed by atoms with Gasteiger partial charge in [0.15, 0.2) is 47.4 Å². The molecule has 3 aliphatic heterocycles. The lowest BCUT2D eigenvalue weighted by molar-refractivity contribution is -0.0559. The number of alkyl halides is 2. The van der Waals surface area contributed by atoms with Crippen molar-refractivity contribution in [1.29, 1.82) is 0 Å². The average Bonchev–Trinajstić information content (AvgIpc) is 3.72. The van der Waals surface area contributed by atoms with Gasteiger partial charge in [-0.05, 0) is 0 Å². The first-order chi connectivity index (χ1) is 21.0. The first-order valence-electron chi connectivity index (χ1n) is 12.7. The summed E-state index contributed by atoms with van der Waals surface area (Å²) in [6, 6.07) is 0. The van der Waals surface area contributed by atoms with Crippen LogP contribution in [0.1, 0.15) is 12.5 Å². The van der Waals surface area contributed by atoms with Gasteiger partial charge in [-0.3, -0.25) is 32.5 Å². The van der Waals surface area contributed by atoms with Crippen molar-refractivity contribution in [2.45, 2.75) is 49.2 Å². The number of aromatic nitrogens is 8. The van der Waals surface area contributed by atoms with Crippen LogP contribution in [0.15, 0.2) is 23.8 Å². The van der Waals surface area contributed by atoms with E-state index in [0.717, 1.165) is 17.2 Å². The number of halogens is 2. The highest BCUT2D eigenvalue weighted by molar-refractivity contribution is 8.44. The molecule has 7 heterocycles. The number of nitrogens with zero attached hydrogens (tertiary/aromatic N) is 7. The molecule has 0 amide bonds. The smallest absolute Gasteiger partial charge is 0.382 e. The van der Waals surface area contributed by atoms with Crippen molar-refractivity contribution in [1.82, 2.24) is 39.0 Å². The predicted octanol–water partition coefficient (Wildman–Crippen LogP) is 0.840. The standard InChI is InChI=1S/C20H22F2N10O9P2S/c21-8-6-1-36-42(34)40-12-7(39-18(9(12)22)32-5-28-11-16(32)29-20(24)30-17(11)33)2-37-43(35,44)41-13(8)19(38-6)31-4-27-10-14(23)25-3-26-15(10)31/h3-9,12-13,18-19,42H,1-2H2,(H,35,44)(H2,23,25,26)(H3,24,29,30,33)/t6-,7-,8-,9-,12-,13-,18-,19-,43?/m1/s1. The number of fused-ring (bicyclic) bond motifs is 5. The van der Waals surface area contributed by atoms with Gasteiger partial charge < -0.3 is 30.0 Å². The third kappa shape index (κ3) is 5.09. The maximum absolute atomic E-state index is 15.9. The molecule has 44 heavy (non-hydrogen) atoms. The Hall–Kier alpha value is -3.07. The molecule has 24 heteroatoms. The van der Waals surface area contributed by atoms with E-state index in [1.54, 1.807) is 0 Å². The number of thiol groups is 1. The minimum absolute atomic E-state index is 0.0484. The van der Waals surface area contributed by atoms with Crippen LogP contribution in [0.3, 0.4) is 0 Å². The van der Waals surface area contributed by atoms with Gasteiger partial charge in [0.2, 0.25) is 5.95 Å². The fraction of sp³-hybridized carbons (Fsp3) is 0.500. The van der Waals surface area contributed by atoms with E-state index in [1.807, 2.05) is 0 Å². The van der Waals surface area contributed by atoms with E-state index in [4.69, 9.17) is 39.0 Å². The van der Waals surface area contributed by atoms with Crippen LogP contribution in [0.25, 0.3) is 22.3 Å². The molecular formula is C20H22F2N10O9P2S. The zero-order chi connectivity index (χ0) is 30.9. The van der Waals surface area contributed by atoms with Crippen LogP contribution in [0.4, 0.5) is 20.5 Å². The number of hydrogen-bond acceptors (Lipinski definition) is 16. The van der Waals surface area contributed by atoms with E-state index in [9.17, 15) is 13.9 Å². The Labute approximate surface area is 249 Å². The first-order valence-corrected chi connectivity index (χ1v) is 16.7. The summed E-state index contributed by atoms with van der Waals surface area (Å²) in [7, 11) is -3.52. The van der Waals surface area contributed by atoms with Gasteiger partial charge in [-0.2, -0.15) is 4.98 Å². The zero-order valence-corrected chi connectivity index (χ0v) is 24.7. The molecule has 2 bridgehead atoms. The minimum atomic E-state index is -4.44. The second kappa shape index (κ2) is 11.1. The van der Waals surface area contributed by atoms with Crippen LogP contribution >= 0.6 is 27.3 Å². The van der Waals surface area contributed by atoms with E-state index in [1.165, 1.54) is 10.9 Å². The molecule has 3 saturated heterocycles. The second-order valence-corrected chi connectivity index (χ2v) is 13.8. The van der Waals surface area contributed by atoms with Gasteiger partial charge in [-0.1, -0.05) is 12.2 Å². The van der Waals surface area contributed by atoms with E-state index in [2.05, 4.69) is 42.2 Å². The summed E-state index contributed by atoms with van der Waals surface area (Å²) in [5, 5.41) is 0. The summed E-state index contributed by atoms with van der Waals surface area (Å²) in [6.45, 7) is -5.76. The summed E-state index contributed by atoms with van der Waals surface area (Å²) >= 11 is 3.99. The maximum atomic E-state index is 15.9. The van der Waals surface area contributed by atoms with Gasteiger partial charge in [0.25, 0.3) is 5.56 Å². The van der Waals surface area contributed by atoms with Gasteiger partial charge in [-0.25, -0.2) is 33.3 Å². The number of hydrogen-bond donors (Lipinski definition) is 4. The molecule has 2 unspecified atom stereocenters. The molecule has 10 atom stereocenters. The van der Waals surface area contributed by atoms with Crippen molar-refractivity contribution < 1.29 is 45.5 Å². The fourth-order valence-electron chi connectivity index (χ4n) is 5.19. The van der Waals surface area contributed by atoms with E-state index in [-0.39, 0.29) is 34.1 Å². The molecular weight excluding hydrogens is 656 g/mol. The number of nitrogen functional groups attached to an aromatic ring is 2. The summed E-state index contributed by atoms with van der Waals surface area (Å²) in [5.41, 5.74) is 10.9. The summed E-state index contributed by atoms with van der Waals surface area (Å²) in [6.07, 6.45) is -9.48. The van der Waals surface area contributed by atoms with E-state index in [0.29, 0.717) is 0 Å². The average molecular weight is 678 g/mol. The summed E-state index contributed by atoms with van der Waals surface area (Å²) < 4.78 is 93.4. The van der Waals surface area contributed by atoms with Crippen molar-refractivity contribution in [2.24, 2.45) is 0 Å². The highest BCUT2D eigenvalue weighted by atomic mass is 32.7. The highest BCUT2D eigenvalue weighted by Gasteiger charge is 2.53. The minimum Gasteiger partial charge on any atom is -0.382 e. The molecule has 19 nitrogen and oxygen atoms in total. The van der Waals surface area contributed by atoms with Crippen molar-refractivity contribution in [3.63, 3.8) is 0 Å². The summed E-state index contributed by atoms with van der Waals surface area (Å²) in [4.78, 5) is 34.5. The predicted molar refractivity (Wildman–Crippen MR) is 147 cm³/mol. The van der Waals surface area contributed by atoms with Crippen LogP contribution in [0, 0.1) is 0 Å². The Morgan fingerprint density at radius 3 is 2.50 bits per heavy atom. The highest BCUT2D eigenvalue weighted by Crippen LogP contribution is 2.58. The Morgan fingerprint density at radius 2 is 1.70 bits per heavy atom. The van der Waals surface area contributed by atoms with Crippen molar-refractivity contribution in [3.05, 3.63) is 29.3 Å². The Kier molecular flexibility index (Phi) is 7.46. The lowest BCUT2D eigenvalue weighted by Gasteiger charge is -2.25. The van der Waals surface area contributed by atoms with Gasteiger partial charge in [-0.15, -0.1) is 0 Å². The van der Waals surface area contributed by atoms with Crippen LogP contribution in [-0.2, 0) is 36.7 Å². The van der Waals surface area contributed by atoms with E-state index >= 15 is 8.78 Å². The SMILES string of the molecule is Nc1nc2c(ncn2[C@@H]2O[C@@H]3COP(=O)(S)O[C@@H]4[C@H](F)[C@@H](CO[PH](=O)O[C@H]3[C@H]2F)O[C@H]4n2cnc3c(N)ncnc32)c(=O)[nH]1. The molecule has 0 saturated carbocycles. The largest absolute Gasteiger partial charge is 0.386 e. The van der Waals surface area contributed by atoms with Crippen LogP contribution in [0.2, 0.25) is 0 Å². The van der Waals surface area contributed by atoms with Crippen LogP contribution < -0.4 is 17.0 Å². The number of nitrogens with two attached hydrogens (primary N) is 2. The Bertz CT molecular complexity index is 1880. The fourth-order valence-corrected chi connectivity index (χ4v) is 7.51. The maximum Gasteiger partial charge on any atom is 0.386 e. The van der Waals surface area contributed by atoms with Crippen molar-refractivity contribution in [2.75, 3.05) is 24.7 Å². The number of H-pyrrole nitrogens is 1. The zero-order valence-electron chi connectivity index (χ0n) is 21.9. The normalized spacial score (nSPS) is 36.6. The second-order valence-electron chi connectivity index (χ2n) is 9.86. The van der Waals surface area contributed by atoms with Crippen LogP contribution in [-0.4, -0.2) is 89.0 Å². The number of rotatable bonds is 2. The Balaban J connectivity index is 1.18. The van der Waals surface area contributed by atoms with Gasteiger partial charge in [0, 0.05) is 0 Å². The molecule has 4 aromatic rings. The van der Waals surface area contributed by atoms with Crippen molar-refractivity contribution >= 4 is 61.4 Å². The topological polar surface area (TPSA) is 249 Å². The third-order valence-corrected chi connectivity index (χ3v) is 9.65. The molecule has 3 aliphatic rings. The van der Waals surface area contributed by atoms with Gasteiger partial charge >= 0.3 is 15.1 Å². The molecule has 236 valence electrons. The molecule has 7 rings (SSSR count). The monoisotopic (exact) mass is 678 g/mol. The first kappa shape index (κ1) is 29.6. The van der Waals surface area contributed by atoms with Gasteiger partial charge in [0.1, 0.15) is 36.3 Å². The lowest BCUT2D eigenvalue weighted by atomic mass is 10.1. The number of aromatic amines is 1. The van der Waals surface area contributed by atoms with Crippen molar-refractivity contribution in [3.8, 4) is 0 Å². The number of ether oxygens (including phenoxy) is 2. The quantitative estimate of drug-likeness (QED) is 0.169. The lowest BCUT2D eigenvalue weighted by Crippen LogP contribution is -2.33. The molecule has 0 spiro atoms. The number of imidazole rings is 2. The van der Waals surface area contributed by atoms with Gasteiger partial charge in [0.05, 0.1) is 25.9 Å². The molecule has 0 aromatic carbocycles. The molecule has 4 aromatic heterocycles. The van der Waals surface area contributed by atoms with E-state index < -0.39 is 83.0 Å².